The minimum Gasteiger partial charge on any atom is -0.496 e. The Morgan fingerprint density at radius 2 is 2.18 bits per heavy atom. The molecule has 0 spiro atoms. The van der Waals surface area contributed by atoms with Crippen LogP contribution in [0.25, 0.3) is 0 Å². The molecule has 1 aliphatic rings. The summed E-state index contributed by atoms with van der Waals surface area (Å²) >= 11 is 0. The summed E-state index contributed by atoms with van der Waals surface area (Å²) in [5.74, 6) is 0.944. The summed E-state index contributed by atoms with van der Waals surface area (Å²) in [5.41, 5.74) is 2.34. The molecule has 3 nitrogen and oxygen atoms in total. The molecule has 1 atom stereocenters. The number of rotatable bonds is 3. The van der Waals surface area contributed by atoms with E-state index in [-0.39, 0.29) is 0 Å². The number of aryl methyl sites for hydroxylation is 1. The summed E-state index contributed by atoms with van der Waals surface area (Å²) < 4.78 is 10.7. The van der Waals surface area contributed by atoms with Crippen LogP contribution in [0.2, 0.25) is 0 Å². The molecule has 0 bridgehead atoms. The molecule has 94 valence electrons. The van der Waals surface area contributed by atoms with E-state index in [1.807, 2.05) is 6.07 Å². The van der Waals surface area contributed by atoms with Gasteiger partial charge in [0.15, 0.2) is 0 Å². The van der Waals surface area contributed by atoms with Crippen LogP contribution in [0.3, 0.4) is 0 Å². The van der Waals surface area contributed by atoms with E-state index in [4.69, 9.17) is 9.47 Å². The minimum atomic E-state index is 0.533. The van der Waals surface area contributed by atoms with Crippen molar-refractivity contribution in [3.05, 3.63) is 23.8 Å². The molecule has 3 heteroatoms. The number of benzene rings is 1. The fourth-order valence-electron chi connectivity index (χ4n) is 2.25. The van der Waals surface area contributed by atoms with Crippen molar-refractivity contribution in [2.24, 2.45) is 0 Å². The SMILES string of the molecule is COc1ccc(NC2CCCOCC2)cc1C. The molecule has 1 aromatic carbocycles. The number of methoxy groups -OCH3 is 1. The van der Waals surface area contributed by atoms with Crippen LogP contribution in [-0.2, 0) is 4.74 Å². The highest BCUT2D eigenvalue weighted by Gasteiger charge is 2.12. The van der Waals surface area contributed by atoms with Crippen molar-refractivity contribution in [1.29, 1.82) is 0 Å². The van der Waals surface area contributed by atoms with E-state index in [0.717, 1.165) is 31.8 Å². The highest BCUT2D eigenvalue weighted by atomic mass is 16.5. The summed E-state index contributed by atoms with van der Waals surface area (Å²) in [6, 6.07) is 6.78. The van der Waals surface area contributed by atoms with E-state index in [1.54, 1.807) is 7.11 Å². The molecule has 0 amide bonds. The fraction of sp³-hybridized carbons (Fsp3) is 0.571. The van der Waals surface area contributed by atoms with Gasteiger partial charge in [-0.25, -0.2) is 0 Å². The van der Waals surface area contributed by atoms with E-state index < -0.39 is 0 Å². The Labute approximate surface area is 103 Å². The molecule has 2 rings (SSSR count). The van der Waals surface area contributed by atoms with E-state index in [1.165, 1.54) is 17.7 Å². The first-order valence-electron chi connectivity index (χ1n) is 6.28. The molecule has 0 saturated carbocycles. The van der Waals surface area contributed by atoms with Gasteiger partial charge in [-0.05, 0) is 49.9 Å². The van der Waals surface area contributed by atoms with E-state index in [9.17, 15) is 0 Å². The Hall–Kier alpha value is -1.22. The third-order valence-corrected chi connectivity index (χ3v) is 3.22. The molecule has 1 fully saturated rings. The smallest absolute Gasteiger partial charge is 0.121 e. The Bertz CT molecular complexity index is 357. The summed E-state index contributed by atoms with van der Waals surface area (Å²) in [7, 11) is 1.71. The Morgan fingerprint density at radius 3 is 2.94 bits per heavy atom. The molecular formula is C14H21NO2. The van der Waals surface area contributed by atoms with Crippen molar-refractivity contribution in [2.75, 3.05) is 25.6 Å². The lowest BCUT2D eigenvalue weighted by molar-refractivity contribution is 0.144. The second-order valence-corrected chi connectivity index (χ2v) is 4.57. The topological polar surface area (TPSA) is 30.5 Å². The molecule has 1 N–H and O–H groups in total. The predicted octanol–water partition coefficient (Wildman–Crippen LogP) is 2.98. The average Bonchev–Trinajstić information content (AvgIpc) is 2.58. The van der Waals surface area contributed by atoms with Crippen molar-refractivity contribution < 1.29 is 9.47 Å². The van der Waals surface area contributed by atoms with Gasteiger partial charge >= 0.3 is 0 Å². The molecule has 17 heavy (non-hydrogen) atoms. The van der Waals surface area contributed by atoms with Gasteiger partial charge < -0.3 is 14.8 Å². The van der Waals surface area contributed by atoms with Gasteiger partial charge in [0.2, 0.25) is 0 Å². The van der Waals surface area contributed by atoms with Crippen LogP contribution in [-0.4, -0.2) is 26.4 Å². The van der Waals surface area contributed by atoms with Gasteiger partial charge in [0.25, 0.3) is 0 Å². The molecule has 0 radical (unpaired) electrons. The lowest BCUT2D eigenvalue weighted by atomic mass is 10.1. The van der Waals surface area contributed by atoms with E-state index in [0.29, 0.717) is 6.04 Å². The van der Waals surface area contributed by atoms with Crippen LogP contribution >= 0.6 is 0 Å². The van der Waals surface area contributed by atoms with Gasteiger partial charge in [-0.3, -0.25) is 0 Å². The maximum absolute atomic E-state index is 5.46. The zero-order valence-corrected chi connectivity index (χ0v) is 10.7. The summed E-state index contributed by atoms with van der Waals surface area (Å²) in [6.07, 6.45) is 3.42. The highest BCUT2D eigenvalue weighted by molar-refractivity contribution is 5.51. The number of anilines is 1. The third kappa shape index (κ3) is 3.37. The van der Waals surface area contributed by atoms with E-state index in [2.05, 4.69) is 24.4 Å². The predicted molar refractivity (Wildman–Crippen MR) is 69.8 cm³/mol. The van der Waals surface area contributed by atoms with Gasteiger partial charge in [0.05, 0.1) is 7.11 Å². The van der Waals surface area contributed by atoms with Gasteiger partial charge in [-0.2, -0.15) is 0 Å². The molecule has 0 aromatic heterocycles. The van der Waals surface area contributed by atoms with Crippen LogP contribution < -0.4 is 10.1 Å². The number of nitrogens with one attached hydrogen (secondary N) is 1. The van der Waals surface area contributed by atoms with Crippen molar-refractivity contribution in [2.45, 2.75) is 32.2 Å². The lowest BCUT2D eigenvalue weighted by Gasteiger charge is -2.18. The molecule has 1 aromatic rings. The van der Waals surface area contributed by atoms with Crippen molar-refractivity contribution in [3.63, 3.8) is 0 Å². The molecular weight excluding hydrogens is 214 g/mol. The summed E-state index contributed by atoms with van der Waals surface area (Å²) in [4.78, 5) is 0. The number of hydrogen-bond acceptors (Lipinski definition) is 3. The van der Waals surface area contributed by atoms with Gasteiger partial charge in [0.1, 0.15) is 5.75 Å². The van der Waals surface area contributed by atoms with Crippen LogP contribution in [0, 0.1) is 6.92 Å². The Balaban J connectivity index is 1.99. The van der Waals surface area contributed by atoms with Crippen LogP contribution in [0.15, 0.2) is 18.2 Å². The molecule has 1 heterocycles. The molecule has 1 saturated heterocycles. The summed E-state index contributed by atoms with van der Waals surface area (Å²) in [5, 5.41) is 3.58. The number of hydrogen-bond donors (Lipinski definition) is 1. The second kappa shape index (κ2) is 5.92. The second-order valence-electron chi connectivity index (χ2n) is 4.57. The highest BCUT2D eigenvalue weighted by Crippen LogP contribution is 2.23. The van der Waals surface area contributed by atoms with Gasteiger partial charge in [-0.15, -0.1) is 0 Å². The zero-order valence-electron chi connectivity index (χ0n) is 10.7. The third-order valence-electron chi connectivity index (χ3n) is 3.22. The number of ether oxygens (including phenoxy) is 2. The Morgan fingerprint density at radius 1 is 1.29 bits per heavy atom. The lowest BCUT2D eigenvalue weighted by Crippen LogP contribution is -2.19. The van der Waals surface area contributed by atoms with Gasteiger partial charge in [0, 0.05) is 24.9 Å². The molecule has 1 unspecified atom stereocenters. The first-order valence-corrected chi connectivity index (χ1v) is 6.28. The quantitative estimate of drug-likeness (QED) is 0.873. The maximum Gasteiger partial charge on any atom is 0.121 e. The van der Waals surface area contributed by atoms with Crippen molar-refractivity contribution in [3.8, 4) is 5.75 Å². The monoisotopic (exact) mass is 235 g/mol. The first-order chi connectivity index (χ1) is 8.29. The molecule has 0 aliphatic carbocycles. The standard InChI is InChI=1S/C14H21NO2/c1-11-10-13(5-6-14(11)16-2)15-12-4-3-8-17-9-7-12/h5-6,10,12,15H,3-4,7-9H2,1-2H3. The molecule has 1 aliphatic heterocycles. The van der Waals surface area contributed by atoms with Crippen molar-refractivity contribution in [1.82, 2.24) is 0 Å². The fourth-order valence-corrected chi connectivity index (χ4v) is 2.25. The summed E-state index contributed by atoms with van der Waals surface area (Å²) in [6.45, 7) is 3.84. The van der Waals surface area contributed by atoms with Crippen molar-refractivity contribution >= 4 is 5.69 Å². The van der Waals surface area contributed by atoms with E-state index >= 15 is 0 Å². The van der Waals surface area contributed by atoms with Crippen LogP contribution in [0.4, 0.5) is 5.69 Å². The van der Waals surface area contributed by atoms with Crippen LogP contribution in [0.1, 0.15) is 24.8 Å². The first kappa shape index (κ1) is 12.2. The minimum absolute atomic E-state index is 0.533. The average molecular weight is 235 g/mol. The zero-order chi connectivity index (χ0) is 12.1. The largest absolute Gasteiger partial charge is 0.496 e. The normalized spacial score (nSPS) is 20.7. The van der Waals surface area contributed by atoms with Crippen LogP contribution in [0.5, 0.6) is 5.75 Å². The van der Waals surface area contributed by atoms with Gasteiger partial charge in [-0.1, -0.05) is 0 Å². The maximum atomic E-state index is 5.46. The Kier molecular flexibility index (Phi) is 4.26.